The molecule has 2 aromatic rings. The van der Waals surface area contributed by atoms with Gasteiger partial charge >= 0.3 is 5.97 Å². The molecule has 2 heterocycles. The molecule has 0 aliphatic heterocycles. The van der Waals surface area contributed by atoms with E-state index in [2.05, 4.69) is 25.8 Å². The number of carbonyl (C=O) groups is 1. The summed E-state index contributed by atoms with van der Waals surface area (Å²) >= 11 is 1.52. The number of thioether (sulfide) groups is 1. The number of hydrogen-bond acceptors (Lipinski definition) is 3. The van der Waals surface area contributed by atoms with Crippen LogP contribution in [-0.4, -0.2) is 25.7 Å². The van der Waals surface area contributed by atoms with Gasteiger partial charge in [-0.15, -0.1) is 11.8 Å². The van der Waals surface area contributed by atoms with E-state index in [0.717, 1.165) is 0 Å². The molecule has 0 aromatic carbocycles. The van der Waals surface area contributed by atoms with Crippen molar-refractivity contribution in [3.8, 4) is 0 Å². The van der Waals surface area contributed by atoms with Crippen LogP contribution in [0.25, 0.3) is 5.65 Å². The van der Waals surface area contributed by atoms with Crippen LogP contribution in [0.3, 0.4) is 0 Å². The topological polar surface area (TPSA) is 54.6 Å². The molecule has 0 amide bonds. The number of aromatic nitrogens is 2. The summed E-state index contributed by atoms with van der Waals surface area (Å²) in [6, 6.07) is 5.48. The Morgan fingerprint density at radius 2 is 2.11 bits per heavy atom. The van der Waals surface area contributed by atoms with Crippen LogP contribution in [0.15, 0.2) is 29.4 Å². The van der Waals surface area contributed by atoms with E-state index in [1.165, 1.54) is 11.8 Å². The SMILES string of the molecule is CC(C)C(C)Sc1nc2ccccn2c1C(=O)O. The van der Waals surface area contributed by atoms with Gasteiger partial charge in [-0.2, -0.15) is 0 Å². The third-order valence-electron chi connectivity index (χ3n) is 2.94. The average molecular weight is 264 g/mol. The molecule has 0 bridgehead atoms. The molecule has 0 radical (unpaired) electrons. The standard InChI is InChI=1S/C13H16N2O2S/c1-8(2)9(3)18-12-11(13(16)17)15-7-5-4-6-10(15)14-12/h4-9H,1-3H3,(H,16,17). The van der Waals surface area contributed by atoms with E-state index in [9.17, 15) is 9.90 Å². The van der Waals surface area contributed by atoms with Gasteiger partial charge in [0.25, 0.3) is 0 Å². The number of carboxylic acids is 1. The number of rotatable bonds is 4. The van der Waals surface area contributed by atoms with Crippen molar-refractivity contribution >= 4 is 23.4 Å². The summed E-state index contributed by atoms with van der Waals surface area (Å²) in [6.45, 7) is 6.33. The Morgan fingerprint density at radius 1 is 1.39 bits per heavy atom. The monoisotopic (exact) mass is 264 g/mol. The Morgan fingerprint density at radius 3 is 2.72 bits per heavy atom. The molecule has 0 spiro atoms. The average Bonchev–Trinajstić information content (AvgIpc) is 2.66. The normalized spacial score (nSPS) is 13.1. The van der Waals surface area contributed by atoms with Crippen molar-refractivity contribution in [2.45, 2.75) is 31.0 Å². The molecule has 1 unspecified atom stereocenters. The summed E-state index contributed by atoms with van der Waals surface area (Å²) < 4.78 is 1.62. The van der Waals surface area contributed by atoms with E-state index in [-0.39, 0.29) is 5.69 Å². The van der Waals surface area contributed by atoms with Crippen molar-refractivity contribution in [2.75, 3.05) is 0 Å². The first-order valence-electron chi connectivity index (χ1n) is 5.87. The van der Waals surface area contributed by atoms with Crippen LogP contribution in [0.5, 0.6) is 0 Å². The van der Waals surface area contributed by atoms with E-state index >= 15 is 0 Å². The molecule has 0 saturated carbocycles. The number of imidazole rings is 1. The van der Waals surface area contributed by atoms with E-state index < -0.39 is 5.97 Å². The Labute approximate surface area is 110 Å². The zero-order chi connectivity index (χ0) is 13.3. The second-order valence-electron chi connectivity index (χ2n) is 4.57. The van der Waals surface area contributed by atoms with Crippen LogP contribution in [0.2, 0.25) is 0 Å². The highest BCUT2D eigenvalue weighted by atomic mass is 32.2. The minimum absolute atomic E-state index is 0.253. The number of fused-ring (bicyclic) bond motifs is 1. The van der Waals surface area contributed by atoms with Crippen LogP contribution >= 0.6 is 11.8 Å². The maximum atomic E-state index is 11.4. The molecule has 0 saturated heterocycles. The fourth-order valence-corrected chi connectivity index (χ4v) is 2.63. The number of aromatic carboxylic acids is 1. The summed E-state index contributed by atoms with van der Waals surface area (Å²) in [5.74, 6) is -0.464. The Bertz CT molecular complexity index is 577. The number of pyridine rings is 1. The van der Waals surface area contributed by atoms with Crippen molar-refractivity contribution < 1.29 is 9.90 Å². The van der Waals surface area contributed by atoms with Crippen molar-refractivity contribution in [1.29, 1.82) is 0 Å². The van der Waals surface area contributed by atoms with Crippen LogP contribution in [-0.2, 0) is 0 Å². The van der Waals surface area contributed by atoms with E-state index in [4.69, 9.17) is 0 Å². The van der Waals surface area contributed by atoms with Crippen LogP contribution in [0.1, 0.15) is 31.3 Å². The van der Waals surface area contributed by atoms with Gasteiger partial charge in [0.05, 0.1) is 0 Å². The molecule has 1 atom stereocenters. The van der Waals surface area contributed by atoms with Gasteiger partial charge in [0.2, 0.25) is 0 Å². The lowest BCUT2D eigenvalue weighted by atomic mass is 10.2. The van der Waals surface area contributed by atoms with Gasteiger partial charge in [-0.25, -0.2) is 9.78 Å². The first-order chi connectivity index (χ1) is 8.50. The summed E-state index contributed by atoms with van der Waals surface area (Å²) in [5.41, 5.74) is 0.927. The summed E-state index contributed by atoms with van der Waals surface area (Å²) in [7, 11) is 0. The molecule has 0 aliphatic rings. The van der Waals surface area contributed by atoms with Crippen LogP contribution in [0, 0.1) is 5.92 Å². The van der Waals surface area contributed by atoms with E-state index in [0.29, 0.717) is 21.8 Å². The molecule has 0 aliphatic carbocycles. The first-order valence-corrected chi connectivity index (χ1v) is 6.75. The molecule has 2 rings (SSSR count). The maximum absolute atomic E-state index is 11.4. The maximum Gasteiger partial charge on any atom is 0.355 e. The molecule has 96 valence electrons. The van der Waals surface area contributed by atoms with Gasteiger partial charge in [0.1, 0.15) is 10.7 Å². The lowest BCUT2D eigenvalue weighted by Crippen LogP contribution is -2.08. The van der Waals surface area contributed by atoms with Crippen molar-refractivity contribution in [1.82, 2.24) is 9.38 Å². The largest absolute Gasteiger partial charge is 0.476 e. The third-order valence-corrected chi connectivity index (χ3v) is 4.36. The molecule has 2 aromatic heterocycles. The van der Waals surface area contributed by atoms with E-state index in [1.807, 2.05) is 12.1 Å². The second kappa shape index (κ2) is 5.02. The molecular weight excluding hydrogens is 248 g/mol. The van der Waals surface area contributed by atoms with Gasteiger partial charge in [-0.3, -0.25) is 4.40 Å². The summed E-state index contributed by atoms with van der Waals surface area (Å²) in [6.07, 6.45) is 1.73. The summed E-state index contributed by atoms with van der Waals surface area (Å²) in [4.78, 5) is 15.8. The molecule has 18 heavy (non-hydrogen) atoms. The number of carboxylic acid groups (broad SMARTS) is 1. The van der Waals surface area contributed by atoms with E-state index in [1.54, 1.807) is 16.7 Å². The molecule has 0 fully saturated rings. The Balaban J connectivity index is 2.49. The third kappa shape index (κ3) is 2.36. The van der Waals surface area contributed by atoms with Crippen LogP contribution in [0.4, 0.5) is 0 Å². The number of nitrogens with zero attached hydrogens (tertiary/aromatic N) is 2. The van der Waals surface area contributed by atoms with Crippen molar-refractivity contribution in [2.24, 2.45) is 5.92 Å². The van der Waals surface area contributed by atoms with Gasteiger partial charge in [0.15, 0.2) is 5.69 Å². The fraction of sp³-hybridized carbons (Fsp3) is 0.385. The molecular formula is C13H16N2O2S. The highest BCUT2D eigenvalue weighted by molar-refractivity contribution is 7.99. The van der Waals surface area contributed by atoms with Crippen LogP contribution < -0.4 is 0 Å². The minimum Gasteiger partial charge on any atom is -0.476 e. The predicted octanol–water partition coefficient (Wildman–Crippen LogP) is 3.17. The van der Waals surface area contributed by atoms with Gasteiger partial charge in [-0.1, -0.05) is 26.8 Å². The zero-order valence-corrected chi connectivity index (χ0v) is 11.4. The lowest BCUT2D eigenvalue weighted by molar-refractivity contribution is 0.0685. The first kappa shape index (κ1) is 13.0. The zero-order valence-electron chi connectivity index (χ0n) is 10.6. The van der Waals surface area contributed by atoms with Gasteiger partial charge in [-0.05, 0) is 18.1 Å². The Kier molecular flexibility index (Phi) is 3.61. The predicted molar refractivity (Wildman–Crippen MR) is 72.3 cm³/mol. The number of hydrogen-bond donors (Lipinski definition) is 1. The molecule has 5 heteroatoms. The second-order valence-corrected chi connectivity index (χ2v) is 5.93. The summed E-state index contributed by atoms with van der Waals surface area (Å²) in [5, 5.41) is 10.2. The fourth-order valence-electron chi connectivity index (χ4n) is 1.56. The van der Waals surface area contributed by atoms with Gasteiger partial charge in [0, 0.05) is 11.4 Å². The Hall–Kier alpha value is -1.49. The highest BCUT2D eigenvalue weighted by Gasteiger charge is 2.21. The highest BCUT2D eigenvalue weighted by Crippen LogP contribution is 2.30. The minimum atomic E-state index is -0.938. The van der Waals surface area contributed by atoms with Crippen molar-refractivity contribution in [3.05, 3.63) is 30.1 Å². The van der Waals surface area contributed by atoms with Crippen molar-refractivity contribution in [3.63, 3.8) is 0 Å². The lowest BCUT2D eigenvalue weighted by Gasteiger charge is -2.13. The smallest absolute Gasteiger partial charge is 0.355 e. The van der Waals surface area contributed by atoms with Gasteiger partial charge < -0.3 is 5.11 Å². The quantitative estimate of drug-likeness (QED) is 0.862. The molecule has 4 nitrogen and oxygen atoms in total. The molecule has 1 N–H and O–H groups in total.